The van der Waals surface area contributed by atoms with Gasteiger partial charge in [0.1, 0.15) is 0 Å². The summed E-state index contributed by atoms with van der Waals surface area (Å²) in [5.74, 6) is 0. The first-order chi connectivity index (χ1) is 5.50. The predicted octanol–water partition coefficient (Wildman–Crippen LogP) is 3.52. The van der Waals surface area contributed by atoms with E-state index in [4.69, 9.17) is 5.73 Å². The van der Waals surface area contributed by atoms with Crippen molar-refractivity contribution in [1.29, 1.82) is 0 Å². The summed E-state index contributed by atoms with van der Waals surface area (Å²) in [7, 11) is 1.86. The van der Waals surface area contributed by atoms with Gasteiger partial charge in [0.2, 0.25) is 0 Å². The molecule has 0 aromatic carbocycles. The average Bonchev–Trinajstić information content (AvgIpc) is 2.41. The Kier molecular flexibility index (Phi) is 40.4. The molecule has 0 unspecified atom stereocenters. The van der Waals surface area contributed by atoms with Crippen molar-refractivity contribution in [2.75, 3.05) is 0 Å². The third-order valence-electron chi connectivity index (χ3n) is 0.586. The quantitative estimate of drug-likeness (QED) is 0.483. The van der Waals surface area contributed by atoms with Crippen LogP contribution in [0.1, 0.15) is 27.2 Å². The predicted molar refractivity (Wildman–Crippen MR) is 75.1 cm³/mol. The molecule has 5 heteroatoms. The Balaban J connectivity index is -0.0000000326. The fourth-order valence-corrected chi connectivity index (χ4v) is 0.340. The van der Waals surface area contributed by atoms with E-state index in [1.165, 1.54) is 0 Å². The first-order valence-corrected chi connectivity index (χ1v) is 7.84. The van der Waals surface area contributed by atoms with Crippen molar-refractivity contribution in [3.05, 3.63) is 37.5 Å². The number of rotatable bonds is 0. The van der Waals surface area contributed by atoms with Crippen LogP contribution in [0, 0.1) is 13.5 Å². The second kappa shape index (κ2) is 20.4. The summed E-state index contributed by atoms with van der Waals surface area (Å²) in [6.07, 6.45) is 10.0. The van der Waals surface area contributed by atoms with E-state index in [-0.39, 0.29) is 37.8 Å². The van der Waals surface area contributed by atoms with Gasteiger partial charge in [-0.2, -0.15) is 6.08 Å². The van der Waals surface area contributed by atoms with Crippen LogP contribution < -0.4 is 0 Å². The molecule has 0 fully saturated rings. The Labute approximate surface area is 121 Å². The molecule has 15 heavy (non-hydrogen) atoms. The summed E-state index contributed by atoms with van der Waals surface area (Å²) in [5, 5.41) is 0. The fourth-order valence-electron chi connectivity index (χ4n) is 0.340. The van der Waals surface area contributed by atoms with Crippen molar-refractivity contribution in [3.8, 4) is 0 Å². The topological polar surface area (TPSA) is 23.8 Å². The molecular formula is C10H22Cl2NSiTi-3. The Morgan fingerprint density at radius 1 is 1.27 bits per heavy atom. The molecule has 0 saturated heterocycles. The second-order valence-corrected chi connectivity index (χ2v) is 3.25. The van der Waals surface area contributed by atoms with Crippen molar-refractivity contribution in [2.24, 2.45) is 0 Å². The summed E-state index contributed by atoms with van der Waals surface area (Å²) in [6, 6.07) is 0. The van der Waals surface area contributed by atoms with Crippen LogP contribution >= 0.6 is 24.8 Å². The van der Waals surface area contributed by atoms with Crippen LogP contribution in [0.3, 0.4) is 0 Å². The first-order valence-electron chi connectivity index (χ1n) is 3.82. The molecule has 0 atom stereocenters. The van der Waals surface area contributed by atoms with E-state index < -0.39 is 0 Å². The van der Waals surface area contributed by atoms with Gasteiger partial charge in [-0.3, -0.25) is 6.08 Å². The van der Waals surface area contributed by atoms with Gasteiger partial charge < -0.3 is 13.2 Å². The average molecular weight is 303 g/mol. The zero-order chi connectivity index (χ0) is 10.0. The number of hydrogen-bond acceptors (Lipinski definition) is 0. The minimum atomic E-state index is -0.250. The summed E-state index contributed by atoms with van der Waals surface area (Å²) < 4.78 is 0. The SMILES string of the molecule is CC(C)(C)[NH-].Cl.Cl.[C-]1=CC=CC1.[CH3-].[SiH2]=[Ti]. The minimum absolute atomic E-state index is 0. The van der Waals surface area contributed by atoms with Crippen LogP contribution in [0.5, 0.6) is 0 Å². The van der Waals surface area contributed by atoms with E-state index in [0.717, 1.165) is 6.42 Å². The molecule has 92 valence electrons. The van der Waals surface area contributed by atoms with E-state index in [1.54, 1.807) is 0 Å². The van der Waals surface area contributed by atoms with Gasteiger partial charge >= 0.3 is 26.8 Å². The molecule has 1 aliphatic carbocycles. The van der Waals surface area contributed by atoms with Crippen LogP contribution in [0.15, 0.2) is 18.2 Å². The molecule has 0 amide bonds. The van der Waals surface area contributed by atoms with E-state index in [9.17, 15) is 0 Å². The van der Waals surface area contributed by atoms with Gasteiger partial charge in [-0.15, -0.1) is 36.8 Å². The molecule has 0 heterocycles. The van der Waals surface area contributed by atoms with Gasteiger partial charge in [-0.05, 0) is 0 Å². The molecule has 0 aliphatic heterocycles. The third kappa shape index (κ3) is 70.8. The van der Waals surface area contributed by atoms with Gasteiger partial charge in [0.05, 0.1) is 0 Å². The number of hydrogen-bond donors (Lipinski definition) is 0. The molecule has 0 aromatic rings. The molecule has 0 spiro atoms. The molecule has 0 bridgehead atoms. The monoisotopic (exact) mass is 302 g/mol. The number of nitrogens with one attached hydrogen (secondary N) is 1. The van der Waals surface area contributed by atoms with E-state index in [0.29, 0.717) is 0 Å². The first kappa shape index (κ1) is 29.7. The van der Waals surface area contributed by atoms with Gasteiger partial charge in [0.15, 0.2) is 0 Å². The second-order valence-electron chi connectivity index (χ2n) is 3.25. The zero-order valence-electron chi connectivity index (χ0n) is 9.96. The van der Waals surface area contributed by atoms with Crippen molar-refractivity contribution in [3.63, 3.8) is 0 Å². The summed E-state index contributed by atoms with van der Waals surface area (Å²) in [4.78, 5) is 0. The Morgan fingerprint density at radius 3 is 1.67 bits per heavy atom. The van der Waals surface area contributed by atoms with E-state index in [1.807, 2.05) is 59.7 Å². The van der Waals surface area contributed by atoms with Crippen LogP contribution in [-0.4, -0.2) is 13.2 Å². The number of allylic oxidation sites excluding steroid dienone is 4. The number of halogens is 2. The fraction of sp³-hybridized carbons (Fsp3) is 0.500. The van der Waals surface area contributed by atoms with E-state index >= 15 is 0 Å². The summed E-state index contributed by atoms with van der Waals surface area (Å²) in [5.41, 5.74) is 6.69. The van der Waals surface area contributed by atoms with Crippen LogP contribution in [-0.2, 0) is 19.2 Å². The zero-order valence-corrected chi connectivity index (χ0v) is 14.6. The van der Waals surface area contributed by atoms with Gasteiger partial charge in [-0.1, -0.05) is 20.8 Å². The van der Waals surface area contributed by atoms with Crippen molar-refractivity contribution >= 4 is 32.4 Å². The molecule has 1 aliphatic rings. The standard InChI is InChI=1S/C5H5.C4H10N.CH3.2ClH.H2Si.Ti/c1-2-4-5-3-1;1-4(2,3)5;;;;;/h1-3H,4H2;5H,1-3H3;1H3;2*1H;1H2;/q3*-1;;;;. The molecule has 1 nitrogen and oxygen atoms in total. The van der Waals surface area contributed by atoms with Crippen molar-refractivity contribution in [1.82, 2.24) is 0 Å². The van der Waals surface area contributed by atoms with Crippen LogP contribution in [0.4, 0.5) is 0 Å². The summed E-state index contributed by atoms with van der Waals surface area (Å²) in [6.45, 7) is 5.56. The molecule has 1 rings (SSSR count). The van der Waals surface area contributed by atoms with Crippen molar-refractivity contribution in [2.45, 2.75) is 32.7 Å². The third-order valence-corrected chi connectivity index (χ3v) is 0.586. The van der Waals surface area contributed by atoms with Gasteiger partial charge in [0.25, 0.3) is 0 Å². The molecule has 0 radical (unpaired) electrons. The van der Waals surface area contributed by atoms with Crippen LogP contribution in [0.25, 0.3) is 5.73 Å². The Hall–Kier alpha value is 0.951. The summed E-state index contributed by atoms with van der Waals surface area (Å²) >= 11 is 2.03. The maximum atomic E-state index is 6.94. The Bertz CT molecular complexity index is 140. The van der Waals surface area contributed by atoms with Crippen molar-refractivity contribution < 1.29 is 19.2 Å². The molecule has 0 saturated carbocycles. The van der Waals surface area contributed by atoms with Gasteiger partial charge in [-0.25, -0.2) is 12.2 Å². The maximum absolute atomic E-state index is 6.94. The molecular weight excluding hydrogens is 281 g/mol. The Morgan fingerprint density at radius 2 is 1.60 bits per heavy atom. The van der Waals surface area contributed by atoms with E-state index in [2.05, 4.69) is 12.2 Å². The van der Waals surface area contributed by atoms with Crippen LogP contribution in [0.2, 0.25) is 0 Å². The molecule has 1 N–H and O–H groups in total. The van der Waals surface area contributed by atoms with Gasteiger partial charge in [0, 0.05) is 0 Å². The normalized spacial score (nSPS) is 10.1. The molecule has 0 aromatic heterocycles.